The van der Waals surface area contributed by atoms with Crippen LogP contribution in [-0.2, 0) is 21.8 Å². The summed E-state index contributed by atoms with van der Waals surface area (Å²) >= 11 is 2.75. The first-order valence-electron chi connectivity index (χ1n) is 13.8. The lowest BCUT2D eigenvalue weighted by Crippen LogP contribution is -2.29. The fourth-order valence-electron chi connectivity index (χ4n) is 5.14. The van der Waals surface area contributed by atoms with Crippen molar-refractivity contribution in [3.05, 3.63) is 101 Å². The molecule has 10 heteroatoms. The van der Waals surface area contributed by atoms with E-state index >= 15 is 0 Å². The standard InChI is InChI=1S/C32H29N3O5S2/c1-3-14-39-24-11-7-10-21(17-24)27-26(28(36)22-12-13-25-23(16-22)15-19(2)40-25)29(37)30(38)35(27)31-33-34-32(42-31)41-18-20-8-5-4-6-9-20/h4-13,16-17,19,27,36H,3,14-15,18H2,1-2H3/t19-,27+/m1/s1. The average molecular weight is 600 g/mol. The Morgan fingerprint density at radius 1 is 1.10 bits per heavy atom. The number of benzene rings is 3. The number of thioether (sulfide) groups is 1. The minimum atomic E-state index is -0.918. The van der Waals surface area contributed by atoms with Crippen LogP contribution in [0.5, 0.6) is 11.5 Å². The van der Waals surface area contributed by atoms with Crippen LogP contribution < -0.4 is 14.4 Å². The smallest absolute Gasteiger partial charge is 0.301 e. The van der Waals surface area contributed by atoms with Gasteiger partial charge in [0.25, 0.3) is 5.78 Å². The van der Waals surface area contributed by atoms with Crippen LogP contribution in [0.25, 0.3) is 5.76 Å². The number of aliphatic hydroxyl groups is 1. The van der Waals surface area contributed by atoms with E-state index in [9.17, 15) is 14.7 Å². The zero-order valence-corrected chi connectivity index (χ0v) is 24.8. The Morgan fingerprint density at radius 2 is 1.93 bits per heavy atom. The van der Waals surface area contributed by atoms with Crippen molar-refractivity contribution in [2.24, 2.45) is 0 Å². The Labute approximate surface area is 252 Å². The molecule has 0 spiro atoms. The first-order chi connectivity index (χ1) is 20.4. The number of hydrogen-bond acceptors (Lipinski definition) is 9. The van der Waals surface area contributed by atoms with Gasteiger partial charge >= 0.3 is 5.91 Å². The molecule has 42 heavy (non-hydrogen) atoms. The van der Waals surface area contributed by atoms with Crippen LogP contribution in [0.2, 0.25) is 0 Å². The number of hydrogen-bond donors (Lipinski definition) is 1. The average Bonchev–Trinajstić information content (AvgIpc) is 3.70. The second-order valence-electron chi connectivity index (χ2n) is 10.2. The molecule has 3 aromatic carbocycles. The van der Waals surface area contributed by atoms with E-state index in [-0.39, 0.29) is 22.6 Å². The van der Waals surface area contributed by atoms with Crippen LogP contribution in [-0.4, -0.2) is 39.7 Å². The van der Waals surface area contributed by atoms with Crippen molar-refractivity contribution < 1.29 is 24.2 Å². The zero-order chi connectivity index (χ0) is 29.2. The molecule has 1 fully saturated rings. The number of carbonyl (C=O) groups is 2. The van der Waals surface area contributed by atoms with E-state index in [1.165, 1.54) is 28.0 Å². The highest BCUT2D eigenvalue weighted by Crippen LogP contribution is 2.45. The summed E-state index contributed by atoms with van der Waals surface area (Å²) in [6.45, 7) is 4.52. The van der Waals surface area contributed by atoms with E-state index < -0.39 is 17.7 Å². The normalized spacial score (nSPS) is 19.1. The van der Waals surface area contributed by atoms with Crippen LogP contribution in [0.1, 0.15) is 48.6 Å². The van der Waals surface area contributed by atoms with Gasteiger partial charge in [-0.2, -0.15) is 0 Å². The highest BCUT2D eigenvalue weighted by atomic mass is 32.2. The highest BCUT2D eigenvalue weighted by molar-refractivity contribution is 8.00. The van der Waals surface area contributed by atoms with Crippen LogP contribution in [0.15, 0.2) is 82.7 Å². The Hall–Kier alpha value is -4.15. The number of carbonyl (C=O) groups excluding carboxylic acids is 2. The predicted molar refractivity (Wildman–Crippen MR) is 163 cm³/mol. The Kier molecular flexibility index (Phi) is 7.99. The van der Waals surface area contributed by atoms with Crippen molar-refractivity contribution in [1.29, 1.82) is 0 Å². The third kappa shape index (κ3) is 5.52. The van der Waals surface area contributed by atoms with Gasteiger partial charge in [0.1, 0.15) is 23.4 Å². The molecule has 0 bridgehead atoms. The molecular weight excluding hydrogens is 571 g/mol. The fraction of sp³-hybridized carbons (Fsp3) is 0.250. The second kappa shape index (κ2) is 12.0. The van der Waals surface area contributed by atoms with Crippen molar-refractivity contribution >= 4 is 45.7 Å². The Bertz CT molecular complexity index is 1670. The molecule has 8 nitrogen and oxygen atoms in total. The molecule has 0 radical (unpaired) electrons. The van der Waals surface area contributed by atoms with E-state index in [1.807, 2.05) is 68.4 Å². The number of rotatable bonds is 9. The third-order valence-electron chi connectivity index (χ3n) is 7.07. The van der Waals surface area contributed by atoms with Crippen LogP contribution >= 0.6 is 23.1 Å². The molecule has 2 atom stereocenters. The summed E-state index contributed by atoms with van der Waals surface area (Å²) in [7, 11) is 0. The van der Waals surface area contributed by atoms with Gasteiger partial charge in [0.05, 0.1) is 18.2 Å². The monoisotopic (exact) mass is 599 g/mol. The summed E-state index contributed by atoms with van der Waals surface area (Å²) in [4.78, 5) is 28.6. The van der Waals surface area contributed by atoms with Gasteiger partial charge in [0, 0.05) is 17.7 Å². The lowest BCUT2D eigenvalue weighted by atomic mass is 9.94. The van der Waals surface area contributed by atoms with Gasteiger partial charge < -0.3 is 14.6 Å². The SMILES string of the molecule is CCCOc1cccc([C@H]2C(=C(O)c3ccc4c(c3)C[C@@H](C)O4)C(=O)C(=O)N2c2nnc(SCc3ccccc3)s2)c1. The number of nitrogens with zero attached hydrogens (tertiary/aromatic N) is 3. The molecule has 1 saturated heterocycles. The minimum absolute atomic E-state index is 0.00626. The summed E-state index contributed by atoms with van der Waals surface area (Å²) in [6.07, 6.45) is 1.55. The highest BCUT2D eigenvalue weighted by Gasteiger charge is 2.48. The molecule has 1 amide bonds. The first-order valence-corrected chi connectivity index (χ1v) is 15.6. The van der Waals surface area contributed by atoms with Gasteiger partial charge in [0.15, 0.2) is 4.34 Å². The first kappa shape index (κ1) is 28.0. The van der Waals surface area contributed by atoms with Gasteiger partial charge in [-0.3, -0.25) is 14.5 Å². The van der Waals surface area contributed by atoms with E-state index in [0.717, 1.165) is 23.3 Å². The number of amides is 1. The second-order valence-corrected chi connectivity index (χ2v) is 12.3. The van der Waals surface area contributed by atoms with Gasteiger partial charge in [-0.15, -0.1) is 10.2 Å². The van der Waals surface area contributed by atoms with Crippen molar-refractivity contribution in [3.8, 4) is 11.5 Å². The van der Waals surface area contributed by atoms with Gasteiger partial charge in [-0.1, -0.05) is 72.5 Å². The molecule has 0 aliphatic carbocycles. The van der Waals surface area contributed by atoms with Crippen molar-refractivity contribution in [2.75, 3.05) is 11.5 Å². The maximum atomic E-state index is 13.6. The van der Waals surface area contributed by atoms with Gasteiger partial charge in [-0.25, -0.2) is 0 Å². The van der Waals surface area contributed by atoms with E-state index in [2.05, 4.69) is 10.2 Å². The van der Waals surface area contributed by atoms with E-state index in [0.29, 0.717) is 40.0 Å². The minimum Gasteiger partial charge on any atom is -0.507 e. The lowest BCUT2D eigenvalue weighted by Gasteiger charge is -2.23. The summed E-state index contributed by atoms with van der Waals surface area (Å²) in [5, 5.41) is 20.5. The molecule has 2 aliphatic heterocycles. The molecule has 4 aromatic rings. The maximum Gasteiger partial charge on any atom is 0.301 e. The molecule has 214 valence electrons. The van der Waals surface area contributed by atoms with Crippen LogP contribution in [0, 0.1) is 0 Å². The Morgan fingerprint density at radius 3 is 2.74 bits per heavy atom. The van der Waals surface area contributed by atoms with Crippen molar-refractivity contribution in [1.82, 2.24) is 10.2 Å². The van der Waals surface area contributed by atoms with Crippen LogP contribution in [0.3, 0.4) is 0 Å². The molecule has 1 aromatic heterocycles. The van der Waals surface area contributed by atoms with E-state index in [4.69, 9.17) is 9.47 Å². The van der Waals surface area contributed by atoms with Crippen molar-refractivity contribution in [3.63, 3.8) is 0 Å². The maximum absolute atomic E-state index is 13.6. The van der Waals surface area contributed by atoms with Gasteiger partial charge in [0.2, 0.25) is 5.13 Å². The topological polar surface area (TPSA) is 102 Å². The third-order valence-corrected chi connectivity index (χ3v) is 9.19. The molecule has 0 saturated carbocycles. The Balaban J connectivity index is 1.40. The number of anilines is 1. The summed E-state index contributed by atoms with van der Waals surface area (Å²) in [5.41, 5.74) is 3.14. The fourth-order valence-corrected chi connectivity index (χ4v) is 6.97. The molecular formula is C32H29N3O5S2. The molecule has 2 aliphatic rings. The molecule has 1 N–H and O–H groups in total. The number of aromatic nitrogens is 2. The summed E-state index contributed by atoms with van der Waals surface area (Å²) < 4.78 is 12.3. The summed E-state index contributed by atoms with van der Waals surface area (Å²) in [6, 6.07) is 21.7. The van der Waals surface area contributed by atoms with Crippen molar-refractivity contribution in [2.45, 2.75) is 48.9 Å². The van der Waals surface area contributed by atoms with Crippen LogP contribution in [0.4, 0.5) is 5.13 Å². The number of aliphatic hydroxyl groups excluding tert-OH is 1. The van der Waals surface area contributed by atoms with E-state index in [1.54, 1.807) is 18.2 Å². The number of Topliss-reactive ketones (excluding diaryl/α,β-unsaturated/α-hetero) is 1. The zero-order valence-electron chi connectivity index (χ0n) is 23.1. The lowest BCUT2D eigenvalue weighted by molar-refractivity contribution is -0.132. The number of ketones is 1. The largest absolute Gasteiger partial charge is 0.507 e. The molecule has 6 rings (SSSR count). The predicted octanol–water partition coefficient (Wildman–Crippen LogP) is 6.57. The number of fused-ring (bicyclic) bond motifs is 1. The quantitative estimate of drug-likeness (QED) is 0.0758. The molecule has 0 unspecified atom stereocenters. The van der Waals surface area contributed by atoms with Gasteiger partial charge in [-0.05, 0) is 60.4 Å². The molecule has 3 heterocycles. The summed E-state index contributed by atoms with van der Waals surface area (Å²) in [5.74, 6) is 0.263. The number of ether oxygens (including phenoxy) is 2.